The van der Waals surface area contributed by atoms with Crippen LogP contribution in [0.5, 0.6) is 0 Å². The Morgan fingerprint density at radius 2 is 1.77 bits per heavy atom. The Labute approximate surface area is 85.5 Å². The minimum absolute atomic E-state index is 0. The molecule has 2 nitrogen and oxygen atoms in total. The predicted octanol–water partition coefficient (Wildman–Crippen LogP) is 2.14. The van der Waals surface area contributed by atoms with Crippen molar-refractivity contribution in [3.63, 3.8) is 0 Å². The molecule has 1 aromatic carbocycles. The fraction of sp³-hybridized carbons (Fsp3) is 0.400. The summed E-state index contributed by atoms with van der Waals surface area (Å²) < 4.78 is 5.27. The number of rotatable bonds is 3. The minimum atomic E-state index is 0. The van der Waals surface area contributed by atoms with Gasteiger partial charge in [-0.1, -0.05) is 30.3 Å². The van der Waals surface area contributed by atoms with Gasteiger partial charge >= 0.3 is 0 Å². The van der Waals surface area contributed by atoms with E-state index in [0.29, 0.717) is 0 Å². The van der Waals surface area contributed by atoms with Gasteiger partial charge in [0.05, 0.1) is 6.10 Å². The molecule has 0 saturated carbocycles. The normalized spacial score (nSPS) is 14.4. The van der Waals surface area contributed by atoms with E-state index in [2.05, 4.69) is 0 Å². The molecule has 1 rings (SSSR count). The molecule has 0 saturated heterocycles. The lowest BCUT2D eigenvalue weighted by molar-refractivity contribution is 0.0854. The van der Waals surface area contributed by atoms with Crippen molar-refractivity contribution in [1.82, 2.24) is 0 Å². The zero-order valence-corrected chi connectivity index (χ0v) is 8.75. The van der Waals surface area contributed by atoms with Crippen LogP contribution in [0, 0.1) is 0 Å². The first-order valence-corrected chi connectivity index (χ1v) is 4.09. The summed E-state index contributed by atoms with van der Waals surface area (Å²) in [4.78, 5) is 0. The van der Waals surface area contributed by atoms with Crippen LogP contribution in [0.2, 0.25) is 0 Å². The third-order valence-electron chi connectivity index (χ3n) is 1.86. The molecule has 0 fully saturated rings. The summed E-state index contributed by atoms with van der Waals surface area (Å²) in [6.07, 6.45) is 0.00574. The van der Waals surface area contributed by atoms with Crippen molar-refractivity contribution >= 4 is 12.4 Å². The third kappa shape index (κ3) is 3.35. The van der Waals surface area contributed by atoms with E-state index in [-0.39, 0.29) is 24.6 Å². The highest BCUT2D eigenvalue weighted by molar-refractivity contribution is 5.85. The van der Waals surface area contributed by atoms with Gasteiger partial charge in [0, 0.05) is 13.2 Å². The van der Waals surface area contributed by atoms with Gasteiger partial charge in [0.15, 0.2) is 0 Å². The fourth-order valence-electron chi connectivity index (χ4n) is 1.30. The summed E-state index contributed by atoms with van der Waals surface area (Å²) >= 11 is 0. The summed E-state index contributed by atoms with van der Waals surface area (Å²) in [6.45, 7) is 1.95. The number of hydrogen-bond donors (Lipinski definition) is 1. The van der Waals surface area contributed by atoms with E-state index in [9.17, 15) is 0 Å². The van der Waals surface area contributed by atoms with E-state index >= 15 is 0 Å². The SMILES string of the molecule is COC(c1ccccc1)[C@H](C)N.Cl. The van der Waals surface area contributed by atoms with E-state index in [4.69, 9.17) is 10.5 Å². The second-order valence-electron chi connectivity index (χ2n) is 2.93. The average Bonchev–Trinajstić information content (AvgIpc) is 2.07. The topological polar surface area (TPSA) is 35.2 Å². The Morgan fingerprint density at radius 3 is 2.15 bits per heavy atom. The van der Waals surface area contributed by atoms with Crippen LogP contribution in [-0.4, -0.2) is 13.2 Å². The molecule has 2 atom stereocenters. The number of nitrogens with two attached hydrogens (primary N) is 1. The highest BCUT2D eigenvalue weighted by atomic mass is 35.5. The van der Waals surface area contributed by atoms with Gasteiger partial charge < -0.3 is 10.5 Å². The average molecular weight is 202 g/mol. The molecule has 0 aliphatic heterocycles. The Hall–Kier alpha value is -0.570. The van der Waals surface area contributed by atoms with Gasteiger partial charge in [-0.3, -0.25) is 0 Å². The van der Waals surface area contributed by atoms with E-state index in [1.807, 2.05) is 37.3 Å². The summed E-state index contributed by atoms with van der Waals surface area (Å²) in [6, 6.07) is 10.0. The van der Waals surface area contributed by atoms with Crippen LogP contribution >= 0.6 is 12.4 Å². The predicted molar refractivity (Wildman–Crippen MR) is 57.1 cm³/mol. The van der Waals surface area contributed by atoms with Gasteiger partial charge in [-0.2, -0.15) is 0 Å². The molecule has 0 heterocycles. The highest BCUT2D eigenvalue weighted by Crippen LogP contribution is 2.18. The maximum atomic E-state index is 5.75. The number of hydrogen-bond acceptors (Lipinski definition) is 2. The molecule has 2 N–H and O–H groups in total. The summed E-state index contributed by atoms with van der Waals surface area (Å²) in [5, 5.41) is 0. The first kappa shape index (κ1) is 12.4. The summed E-state index contributed by atoms with van der Waals surface area (Å²) in [5.74, 6) is 0. The monoisotopic (exact) mass is 201 g/mol. The van der Waals surface area contributed by atoms with Crippen LogP contribution in [0.1, 0.15) is 18.6 Å². The number of methoxy groups -OCH3 is 1. The van der Waals surface area contributed by atoms with E-state index in [1.54, 1.807) is 7.11 Å². The largest absolute Gasteiger partial charge is 0.375 e. The number of benzene rings is 1. The van der Waals surface area contributed by atoms with Gasteiger partial charge in [0.25, 0.3) is 0 Å². The molecule has 3 heteroatoms. The molecule has 0 aliphatic carbocycles. The molecule has 0 amide bonds. The maximum absolute atomic E-state index is 5.75. The van der Waals surface area contributed by atoms with Crippen LogP contribution < -0.4 is 5.73 Å². The molecule has 1 unspecified atom stereocenters. The smallest absolute Gasteiger partial charge is 0.0969 e. The molecular formula is C10H16ClNO. The van der Waals surface area contributed by atoms with Crippen LogP contribution in [0.3, 0.4) is 0 Å². The molecule has 0 radical (unpaired) electrons. The van der Waals surface area contributed by atoms with Crippen molar-refractivity contribution in [2.24, 2.45) is 5.73 Å². The quantitative estimate of drug-likeness (QED) is 0.814. The Bertz CT molecular complexity index is 226. The molecule has 0 aliphatic rings. The van der Waals surface area contributed by atoms with Crippen molar-refractivity contribution in [2.75, 3.05) is 7.11 Å². The molecule has 0 spiro atoms. The van der Waals surface area contributed by atoms with Gasteiger partial charge in [0.2, 0.25) is 0 Å². The summed E-state index contributed by atoms with van der Waals surface area (Å²) in [7, 11) is 1.68. The minimum Gasteiger partial charge on any atom is -0.375 e. The van der Waals surface area contributed by atoms with E-state index in [1.165, 1.54) is 0 Å². The third-order valence-corrected chi connectivity index (χ3v) is 1.86. The molecular weight excluding hydrogens is 186 g/mol. The van der Waals surface area contributed by atoms with Crippen molar-refractivity contribution in [1.29, 1.82) is 0 Å². The molecule has 13 heavy (non-hydrogen) atoms. The van der Waals surface area contributed by atoms with E-state index in [0.717, 1.165) is 5.56 Å². The summed E-state index contributed by atoms with van der Waals surface area (Å²) in [5.41, 5.74) is 6.89. The lowest BCUT2D eigenvalue weighted by atomic mass is 10.0. The number of ether oxygens (including phenoxy) is 1. The molecule has 0 bridgehead atoms. The standard InChI is InChI=1S/C10H15NO.ClH/c1-8(11)10(12-2)9-6-4-3-5-7-9;/h3-8,10H,11H2,1-2H3;1H/t8-,10?;/m0./s1. The Balaban J connectivity index is 0.00000144. The highest BCUT2D eigenvalue weighted by Gasteiger charge is 2.13. The van der Waals surface area contributed by atoms with Gasteiger partial charge in [-0.15, -0.1) is 12.4 Å². The van der Waals surface area contributed by atoms with Gasteiger partial charge in [0.1, 0.15) is 0 Å². The lowest BCUT2D eigenvalue weighted by Crippen LogP contribution is -2.25. The number of halogens is 1. The second-order valence-corrected chi connectivity index (χ2v) is 2.93. The maximum Gasteiger partial charge on any atom is 0.0969 e. The first-order chi connectivity index (χ1) is 5.75. The van der Waals surface area contributed by atoms with Crippen molar-refractivity contribution in [3.8, 4) is 0 Å². The zero-order chi connectivity index (χ0) is 8.97. The first-order valence-electron chi connectivity index (χ1n) is 4.09. The van der Waals surface area contributed by atoms with Crippen molar-refractivity contribution in [3.05, 3.63) is 35.9 Å². The Kier molecular flexibility index (Phi) is 5.71. The van der Waals surface area contributed by atoms with Crippen molar-refractivity contribution in [2.45, 2.75) is 19.1 Å². The van der Waals surface area contributed by atoms with Crippen LogP contribution in [0.4, 0.5) is 0 Å². The van der Waals surface area contributed by atoms with Crippen molar-refractivity contribution < 1.29 is 4.74 Å². The molecule has 1 aromatic rings. The van der Waals surface area contributed by atoms with E-state index < -0.39 is 0 Å². The molecule has 0 aromatic heterocycles. The Morgan fingerprint density at radius 1 is 1.23 bits per heavy atom. The van der Waals surface area contributed by atoms with Gasteiger partial charge in [-0.05, 0) is 12.5 Å². The molecule has 74 valence electrons. The second kappa shape index (κ2) is 5.97. The van der Waals surface area contributed by atoms with Crippen LogP contribution in [0.15, 0.2) is 30.3 Å². The fourth-order valence-corrected chi connectivity index (χ4v) is 1.30. The van der Waals surface area contributed by atoms with Gasteiger partial charge in [-0.25, -0.2) is 0 Å². The zero-order valence-electron chi connectivity index (χ0n) is 7.94. The van der Waals surface area contributed by atoms with Crippen LogP contribution in [-0.2, 0) is 4.74 Å². The lowest BCUT2D eigenvalue weighted by Gasteiger charge is -2.19. The van der Waals surface area contributed by atoms with Crippen LogP contribution in [0.25, 0.3) is 0 Å².